The van der Waals surface area contributed by atoms with E-state index in [1.807, 2.05) is 0 Å². The third kappa shape index (κ3) is 6.44. The van der Waals surface area contributed by atoms with Gasteiger partial charge < -0.3 is 15.0 Å². The first-order valence-corrected chi connectivity index (χ1v) is 13.0. The Labute approximate surface area is 199 Å². The van der Waals surface area contributed by atoms with Crippen molar-refractivity contribution >= 4 is 50.6 Å². The van der Waals surface area contributed by atoms with Gasteiger partial charge in [0.25, 0.3) is 5.89 Å². The zero-order valence-electron chi connectivity index (χ0n) is 17.6. The fourth-order valence-electron chi connectivity index (χ4n) is 2.53. The molecular weight excluding hydrogens is 488 g/mol. The number of nitrogens with zero attached hydrogens (tertiary/aromatic N) is 3. The Kier molecular flexibility index (Phi) is 7.90. The summed E-state index contributed by atoms with van der Waals surface area (Å²) in [4.78, 5) is 20.9. The van der Waals surface area contributed by atoms with Crippen molar-refractivity contribution < 1.29 is 22.5 Å². The summed E-state index contributed by atoms with van der Waals surface area (Å²) >= 11 is 7.52. The summed E-state index contributed by atoms with van der Waals surface area (Å²) in [5.74, 6) is -0.544. The average Bonchev–Trinajstić information content (AvgIpc) is 3.28. The molecule has 0 aliphatic rings. The Morgan fingerprint density at radius 2 is 2.03 bits per heavy atom. The Bertz CT molecular complexity index is 1340. The maximum Gasteiger partial charge on any atom is 0.355 e. The number of hydrogen-bond donors (Lipinski definition) is 1. The number of carbonyl (C=O) groups is 1. The van der Waals surface area contributed by atoms with Crippen molar-refractivity contribution in [2.24, 2.45) is 10.7 Å². The van der Waals surface area contributed by atoms with E-state index in [2.05, 4.69) is 15.1 Å². The van der Waals surface area contributed by atoms with Gasteiger partial charge in [0.2, 0.25) is 5.82 Å². The number of ether oxygens (including phenoxy) is 1. The van der Waals surface area contributed by atoms with Crippen LogP contribution in [0.5, 0.6) is 0 Å². The van der Waals surface area contributed by atoms with Gasteiger partial charge in [-0.2, -0.15) is 4.98 Å². The molecule has 0 bridgehead atoms. The van der Waals surface area contributed by atoms with E-state index >= 15 is 0 Å². The molecule has 12 heteroatoms. The van der Waals surface area contributed by atoms with E-state index in [4.69, 9.17) is 26.6 Å². The van der Waals surface area contributed by atoms with E-state index in [0.717, 1.165) is 6.26 Å². The van der Waals surface area contributed by atoms with Gasteiger partial charge in [0.1, 0.15) is 17.3 Å². The minimum atomic E-state index is -3.43. The molecule has 3 rings (SSSR count). The van der Waals surface area contributed by atoms with Gasteiger partial charge in [-0.25, -0.2) is 18.2 Å². The first kappa shape index (κ1) is 24.5. The van der Waals surface area contributed by atoms with Gasteiger partial charge in [0.15, 0.2) is 9.84 Å². The number of para-hydroxylation sites is 1. The SMILES string of the molecule is CSCOC(=O)C(N)=CC(=Nc1ccccc1Cl)c1nc(-c2cccc(S(C)(=O)=O)c2)no1. The lowest BCUT2D eigenvalue weighted by atomic mass is 10.2. The molecule has 0 amide bonds. The zero-order chi connectivity index (χ0) is 24.0. The van der Waals surface area contributed by atoms with Crippen molar-refractivity contribution in [3.05, 3.63) is 71.2 Å². The average molecular weight is 507 g/mol. The molecule has 33 heavy (non-hydrogen) atoms. The van der Waals surface area contributed by atoms with Crippen LogP contribution in [0, 0.1) is 0 Å². The summed E-state index contributed by atoms with van der Waals surface area (Å²) < 4.78 is 34.1. The molecule has 2 aromatic carbocycles. The minimum Gasteiger partial charge on any atom is -0.450 e. The molecular formula is C21H19ClN4O5S2. The highest BCUT2D eigenvalue weighted by Crippen LogP contribution is 2.26. The summed E-state index contributed by atoms with van der Waals surface area (Å²) in [6.45, 7) is 0. The first-order chi connectivity index (χ1) is 15.7. The number of hydrogen-bond acceptors (Lipinski definition) is 10. The number of nitrogens with two attached hydrogens (primary N) is 1. The minimum absolute atomic E-state index is 0.0599. The molecule has 0 spiro atoms. The molecule has 0 saturated carbocycles. The van der Waals surface area contributed by atoms with E-state index in [0.29, 0.717) is 16.3 Å². The summed E-state index contributed by atoms with van der Waals surface area (Å²) in [5, 5.41) is 4.27. The van der Waals surface area contributed by atoms with Crippen LogP contribution in [0.4, 0.5) is 5.69 Å². The number of aliphatic imine (C=N–C) groups is 1. The second-order valence-corrected chi connectivity index (χ2v) is 9.85. The lowest BCUT2D eigenvalue weighted by Crippen LogP contribution is -2.16. The van der Waals surface area contributed by atoms with Gasteiger partial charge in [0.05, 0.1) is 15.6 Å². The number of esters is 1. The third-order valence-corrected chi connectivity index (χ3v) is 5.88. The number of rotatable bonds is 8. The lowest BCUT2D eigenvalue weighted by Gasteiger charge is -2.04. The Balaban J connectivity index is 2.05. The molecule has 9 nitrogen and oxygen atoms in total. The van der Waals surface area contributed by atoms with E-state index in [-0.39, 0.29) is 34.0 Å². The maximum atomic E-state index is 12.1. The van der Waals surface area contributed by atoms with Gasteiger partial charge in [0, 0.05) is 11.8 Å². The van der Waals surface area contributed by atoms with E-state index < -0.39 is 15.8 Å². The number of thioether (sulfide) groups is 1. The molecule has 0 radical (unpaired) electrons. The first-order valence-electron chi connectivity index (χ1n) is 9.30. The highest BCUT2D eigenvalue weighted by Gasteiger charge is 2.18. The molecule has 0 atom stereocenters. The van der Waals surface area contributed by atoms with Gasteiger partial charge in [-0.3, -0.25) is 0 Å². The van der Waals surface area contributed by atoms with Crippen molar-refractivity contribution in [2.75, 3.05) is 18.5 Å². The Morgan fingerprint density at radius 1 is 1.27 bits per heavy atom. The van der Waals surface area contributed by atoms with Crippen LogP contribution in [0.3, 0.4) is 0 Å². The maximum absolute atomic E-state index is 12.1. The van der Waals surface area contributed by atoms with Crippen LogP contribution in [-0.4, -0.2) is 48.7 Å². The quantitative estimate of drug-likeness (QED) is 0.210. The largest absolute Gasteiger partial charge is 0.450 e. The smallest absolute Gasteiger partial charge is 0.355 e. The van der Waals surface area contributed by atoms with Gasteiger partial charge in [-0.05, 0) is 36.6 Å². The molecule has 3 aromatic rings. The van der Waals surface area contributed by atoms with Gasteiger partial charge in [-0.1, -0.05) is 41.0 Å². The summed E-state index contributed by atoms with van der Waals surface area (Å²) in [7, 11) is -3.43. The molecule has 172 valence electrons. The molecule has 1 aromatic heterocycles. The molecule has 2 N–H and O–H groups in total. The number of aromatic nitrogens is 2. The molecule has 0 saturated heterocycles. The van der Waals surface area contributed by atoms with Gasteiger partial charge in [-0.15, -0.1) is 11.8 Å². The predicted octanol–water partition coefficient (Wildman–Crippen LogP) is 3.62. The van der Waals surface area contributed by atoms with Crippen LogP contribution >= 0.6 is 23.4 Å². The van der Waals surface area contributed by atoms with Crippen LogP contribution in [0.15, 0.2) is 74.7 Å². The van der Waals surface area contributed by atoms with Crippen LogP contribution in [0.25, 0.3) is 11.4 Å². The fourth-order valence-corrected chi connectivity index (χ4v) is 3.60. The van der Waals surface area contributed by atoms with Crippen LogP contribution in [-0.2, 0) is 19.4 Å². The van der Waals surface area contributed by atoms with Crippen molar-refractivity contribution in [2.45, 2.75) is 4.90 Å². The third-order valence-electron chi connectivity index (χ3n) is 4.09. The van der Waals surface area contributed by atoms with Crippen molar-refractivity contribution in [3.8, 4) is 11.4 Å². The summed E-state index contributed by atoms with van der Waals surface area (Å²) in [6.07, 6.45) is 4.12. The summed E-state index contributed by atoms with van der Waals surface area (Å²) in [6, 6.07) is 12.9. The van der Waals surface area contributed by atoms with Crippen molar-refractivity contribution in [3.63, 3.8) is 0 Å². The number of allylic oxidation sites excluding steroid dienone is 1. The number of sulfone groups is 1. The van der Waals surface area contributed by atoms with Crippen LogP contribution < -0.4 is 5.73 Å². The summed E-state index contributed by atoms with van der Waals surface area (Å²) in [5.41, 5.74) is 6.52. The molecule has 0 unspecified atom stereocenters. The normalized spacial score (nSPS) is 12.6. The molecule has 0 fully saturated rings. The predicted molar refractivity (Wildman–Crippen MR) is 127 cm³/mol. The topological polar surface area (TPSA) is 138 Å². The zero-order valence-corrected chi connectivity index (χ0v) is 19.9. The van der Waals surface area contributed by atoms with Crippen molar-refractivity contribution in [1.82, 2.24) is 10.1 Å². The van der Waals surface area contributed by atoms with E-state index in [1.165, 1.54) is 30.0 Å². The lowest BCUT2D eigenvalue weighted by molar-refractivity contribution is -0.136. The van der Waals surface area contributed by atoms with E-state index in [1.54, 1.807) is 42.7 Å². The Hall–Kier alpha value is -3.15. The molecule has 1 heterocycles. The number of carbonyl (C=O) groups excluding carboxylic acids is 1. The second kappa shape index (κ2) is 10.6. The highest BCUT2D eigenvalue weighted by molar-refractivity contribution is 7.98. The highest BCUT2D eigenvalue weighted by atomic mass is 35.5. The number of benzene rings is 2. The van der Waals surface area contributed by atoms with E-state index in [9.17, 15) is 13.2 Å². The van der Waals surface area contributed by atoms with Crippen LogP contribution in [0.2, 0.25) is 5.02 Å². The number of halogens is 1. The van der Waals surface area contributed by atoms with Crippen LogP contribution in [0.1, 0.15) is 5.89 Å². The molecule has 0 aliphatic heterocycles. The standard InChI is InChI=1S/C21H19ClN4O5S2/c1-32-12-30-21(27)16(23)11-18(24-17-9-4-3-8-15(17)22)20-25-19(26-31-20)13-6-5-7-14(10-13)33(2,28)29/h3-11H,12,23H2,1-2H3. The monoisotopic (exact) mass is 506 g/mol. The second-order valence-electron chi connectivity index (χ2n) is 6.61. The van der Waals surface area contributed by atoms with Gasteiger partial charge >= 0.3 is 5.97 Å². The Morgan fingerprint density at radius 3 is 2.73 bits per heavy atom. The molecule has 0 aliphatic carbocycles. The fraction of sp³-hybridized carbons (Fsp3) is 0.143. The van der Waals surface area contributed by atoms with Crippen molar-refractivity contribution in [1.29, 1.82) is 0 Å².